The molecule has 0 saturated heterocycles. The minimum Gasteiger partial charge on any atom is -0.395 e. The summed E-state index contributed by atoms with van der Waals surface area (Å²) in [6, 6.07) is 9.94. The summed E-state index contributed by atoms with van der Waals surface area (Å²) in [5.41, 5.74) is 9.90. The van der Waals surface area contributed by atoms with Gasteiger partial charge in [-0.3, -0.25) is 0 Å². The summed E-state index contributed by atoms with van der Waals surface area (Å²) in [5.74, 6) is -0.564. The number of nitrogens with zero attached hydrogens (tertiary/aromatic N) is 2. The van der Waals surface area contributed by atoms with Crippen molar-refractivity contribution in [2.45, 2.75) is 0 Å². The topological polar surface area (TPSA) is 74.7 Å². The van der Waals surface area contributed by atoms with Crippen LogP contribution in [0.4, 0.5) is 21.5 Å². The zero-order valence-electron chi connectivity index (χ0n) is 10.2. The smallest absolute Gasteiger partial charge is 0.143 e. The SMILES string of the molecule is N#Cc1c(F)cccc1Nc1ccc2scnc2c1N. The molecule has 0 bridgehead atoms. The average Bonchev–Trinajstić information content (AvgIpc) is 2.91. The number of nitrogens with one attached hydrogen (secondary N) is 1. The van der Waals surface area contributed by atoms with Crippen LogP contribution in [0, 0.1) is 17.1 Å². The number of thiazole rings is 1. The van der Waals surface area contributed by atoms with Crippen LogP contribution in [0.5, 0.6) is 0 Å². The number of halogens is 1. The first kappa shape index (κ1) is 12.4. The van der Waals surface area contributed by atoms with E-state index in [0.29, 0.717) is 22.6 Å². The standard InChI is InChI=1S/C14H9FN4S/c15-9-2-1-3-10(8(9)6-16)19-11-4-5-12-14(13(11)17)18-7-20-12/h1-5,7,19H,17H2. The Balaban J connectivity index is 2.08. The van der Waals surface area contributed by atoms with Gasteiger partial charge >= 0.3 is 0 Å². The Kier molecular flexibility index (Phi) is 2.97. The molecule has 1 aromatic heterocycles. The van der Waals surface area contributed by atoms with Gasteiger partial charge in [-0.15, -0.1) is 11.3 Å². The largest absolute Gasteiger partial charge is 0.395 e. The van der Waals surface area contributed by atoms with Gasteiger partial charge < -0.3 is 11.1 Å². The van der Waals surface area contributed by atoms with E-state index >= 15 is 0 Å². The van der Waals surface area contributed by atoms with Crippen LogP contribution in [0.15, 0.2) is 35.8 Å². The van der Waals surface area contributed by atoms with E-state index in [1.54, 1.807) is 17.6 Å². The van der Waals surface area contributed by atoms with Crippen LogP contribution in [0.25, 0.3) is 10.2 Å². The van der Waals surface area contributed by atoms with E-state index in [9.17, 15) is 4.39 Å². The molecular weight excluding hydrogens is 275 g/mol. The van der Waals surface area contributed by atoms with E-state index in [0.717, 1.165) is 4.70 Å². The monoisotopic (exact) mass is 284 g/mol. The first-order valence-corrected chi connectivity index (χ1v) is 6.66. The number of aromatic nitrogens is 1. The van der Waals surface area contributed by atoms with Crippen molar-refractivity contribution in [3.63, 3.8) is 0 Å². The summed E-state index contributed by atoms with van der Waals surface area (Å²) in [6.07, 6.45) is 0. The molecule has 6 heteroatoms. The van der Waals surface area contributed by atoms with E-state index in [1.165, 1.54) is 23.5 Å². The van der Waals surface area contributed by atoms with E-state index in [2.05, 4.69) is 10.3 Å². The highest BCUT2D eigenvalue weighted by atomic mass is 32.1. The molecule has 3 N–H and O–H groups in total. The lowest BCUT2D eigenvalue weighted by molar-refractivity contribution is 0.624. The lowest BCUT2D eigenvalue weighted by Gasteiger charge is -2.11. The van der Waals surface area contributed by atoms with Gasteiger partial charge in [0.25, 0.3) is 0 Å². The van der Waals surface area contributed by atoms with E-state index in [4.69, 9.17) is 11.0 Å². The van der Waals surface area contributed by atoms with Gasteiger partial charge in [-0.25, -0.2) is 9.37 Å². The second kappa shape index (κ2) is 4.79. The van der Waals surface area contributed by atoms with Gasteiger partial charge in [0.05, 0.1) is 27.3 Å². The molecule has 0 fully saturated rings. The van der Waals surface area contributed by atoms with Crippen LogP contribution >= 0.6 is 11.3 Å². The fourth-order valence-corrected chi connectivity index (χ4v) is 2.64. The zero-order valence-corrected chi connectivity index (χ0v) is 11.0. The molecule has 0 aliphatic carbocycles. The molecule has 0 saturated carbocycles. The highest BCUT2D eigenvalue weighted by Crippen LogP contribution is 2.32. The van der Waals surface area contributed by atoms with E-state index in [-0.39, 0.29) is 5.56 Å². The third kappa shape index (κ3) is 1.94. The molecule has 20 heavy (non-hydrogen) atoms. The van der Waals surface area contributed by atoms with Gasteiger partial charge in [0.2, 0.25) is 0 Å². The Morgan fingerprint density at radius 2 is 2.10 bits per heavy atom. The molecule has 98 valence electrons. The van der Waals surface area contributed by atoms with Crippen LogP contribution in [0.2, 0.25) is 0 Å². The Morgan fingerprint density at radius 3 is 2.90 bits per heavy atom. The number of hydrogen-bond acceptors (Lipinski definition) is 5. The quantitative estimate of drug-likeness (QED) is 0.705. The molecular formula is C14H9FN4S. The van der Waals surface area contributed by atoms with Crippen molar-refractivity contribution in [3.8, 4) is 6.07 Å². The van der Waals surface area contributed by atoms with Gasteiger partial charge in [-0.05, 0) is 24.3 Å². The zero-order chi connectivity index (χ0) is 14.1. The Morgan fingerprint density at radius 1 is 1.25 bits per heavy atom. The van der Waals surface area contributed by atoms with Crippen LogP contribution < -0.4 is 11.1 Å². The van der Waals surface area contributed by atoms with Crippen molar-refractivity contribution < 1.29 is 4.39 Å². The fourth-order valence-electron chi connectivity index (χ4n) is 1.95. The summed E-state index contributed by atoms with van der Waals surface area (Å²) in [4.78, 5) is 4.20. The molecule has 0 atom stereocenters. The lowest BCUT2D eigenvalue weighted by Crippen LogP contribution is -2.00. The van der Waals surface area contributed by atoms with Crippen molar-refractivity contribution >= 4 is 38.6 Å². The number of fused-ring (bicyclic) bond motifs is 1. The summed E-state index contributed by atoms with van der Waals surface area (Å²) >= 11 is 1.50. The molecule has 2 aromatic carbocycles. The molecule has 0 unspecified atom stereocenters. The van der Waals surface area contributed by atoms with Crippen LogP contribution in [0.1, 0.15) is 5.56 Å². The minimum atomic E-state index is -0.564. The summed E-state index contributed by atoms with van der Waals surface area (Å²) in [7, 11) is 0. The lowest BCUT2D eigenvalue weighted by atomic mass is 10.1. The summed E-state index contributed by atoms with van der Waals surface area (Å²) < 4.78 is 14.5. The minimum absolute atomic E-state index is 0.0368. The molecule has 0 aliphatic rings. The number of nitriles is 1. The van der Waals surface area contributed by atoms with Crippen LogP contribution in [-0.4, -0.2) is 4.98 Å². The average molecular weight is 284 g/mol. The van der Waals surface area contributed by atoms with Gasteiger partial charge in [-0.2, -0.15) is 5.26 Å². The first-order chi connectivity index (χ1) is 9.70. The third-order valence-electron chi connectivity index (χ3n) is 2.94. The number of benzene rings is 2. The van der Waals surface area contributed by atoms with Gasteiger partial charge in [-0.1, -0.05) is 6.07 Å². The van der Waals surface area contributed by atoms with Crippen molar-refractivity contribution in [3.05, 3.63) is 47.2 Å². The van der Waals surface area contributed by atoms with Gasteiger partial charge in [0.15, 0.2) is 0 Å². The normalized spacial score (nSPS) is 10.4. The molecule has 0 radical (unpaired) electrons. The summed E-state index contributed by atoms with van der Waals surface area (Å²) in [6.45, 7) is 0. The van der Waals surface area contributed by atoms with Crippen molar-refractivity contribution in [2.75, 3.05) is 11.1 Å². The van der Waals surface area contributed by atoms with E-state index < -0.39 is 5.82 Å². The number of nitrogen functional groups attached to an aromatic ring is 1. The second-order valence-electron chi connectivity index (χ2n) is 4.13. The Labute approximate surface area is 118 Å². The maximum absolute atomic E-state index is 13.6. The van der Waals surface area contributed by atoms with Crippen molar-refractivity contribution in [2.24, 2.45) is 0 Å². The number of hydrogen-bond donors (Lipinski definition) is 2. The second-order valence-corrected chi connectivity index (χ2v) is 5.01. The number of anilines is 3. The van der Waals surface area contributed by atoms with Gasteiger partial charge in [0.1, 0.15) is 23.0 Å². The maximum Gasteiger partial charge on any atom is 0.143 e. The highest BCUT2D eigenvalue weighted by molar-refractivity contribution is 7.16. The Hall–Kier alpha value is -2.65. The predicted octanol–water partition coefficient (Wildman–Crippen LogP) is 3.63. The first-order valence-electron chi connectivity index (χ1n) is 5.78. The highest BCUT2D eigenvalue weighted by Gasteiger charge is 2.11. The van der Waals surface area contributed by atoms with Crippen molar-refractivity contribution in [1.82, 2.24) is 4.98 Å². The van der Waals surface area contributed by atoms with E-state index in [1.807, 2.05) is 12.1 Å². The molecule has 3 rings (SSSR count). The fraction of sp³-hybridized carbons (Fsp3) is 0. The Bertz CT molecular complexity index is 835. The van der Waals surface area contributed by atoms with Crippen LogP contribution in [0.3, 0.4) is 0 Å². The molecule has 0 spiro atoms. The molecule has 4 nitrogen and oxygen atoms in total. The third-order valence-corrected chi connectivity index (χ3v) is 3.73. The summed E-state index contributed by atoms with van der Waals surface area (Å²) in [5, 5.41) is 12.0. The molecule has 3 aromatic rings. The molecule has 1 heterocycles. The molecule has 0 aliphatic heterocycles. The number of rotatable bonds is 2. The predicted molar refractivity (Wildman–Crippen MR) is 78.4 cm³/mol. The van der Waals surface area contributed by atoms with Crippen LogP contribution in [-0.2, 0) is 0 Å². The maximum atomic E-state index is 13.6. The molecule has 0 amide bonds. The van der Waals surface area contributed by atoms with Gasteiger partial charge in [0, 0.05) is 0 Å². The number of nitrogens with two attached hydrogens (primary N) is 1. The van der Waals surface area contributed by atoms with Crippen molar-refractivity contribution in [1.29, 1.82) is 5.26 Å².